The lowest BCUT2D eigenvalue weighted by Gasteiger charge is -2.18. The summed E-state index contributed by atoms with van der Waals surface area (Å²) >= 11 is 0. The van der Waals surface area contributed by atoms with Crippen LogP contribution in [0.5, 0.6) is 0 Å². The van der Waals surface area contributed by atoms with Gasteiger partial charge in [-0.25, -0.2) is 4.39 Å². The number of hydrogen-bond donors (Lipinski definition) is 1. The van der Waals surface area contributed by atoms with Crippen LogP contribution >= 0.6 is 0 Å². The molecule has 5 nitrogen and oxygen atoms in total. The van der Waals surface area contributed by atoms with Gasteiger partial charge < -0.3 is 9.72 Å². The van der Waals surface area contributed by atoms with Crippen LogP contribution in [0.25, 0.3) is 16.6 Å². The number of nitrogens with zero attached hydrogens (tertiary/aromatic N) is 2. The van der Waals surface area contributed by atoms with Gasteiger partial charge in [0.15, 0.2) is 0 Å². The minimum Gasteiger partial charge on any atom is -0.352 e. The molecule has 136 valence electrons. The molecule has 2 aromatic heterocycles. The maximum Gasteiger partial charge on any atom is 0.275 e. The van der Waals surface area contributed by atoms with E-state index in [2.05, 4.69) is 5.32 Å². The highest BCUT2D eigenvalue weighted by Crippen LogP contribution is 2.18. The van der Waals surface area contributed by atoms with Gasteiger partial charge in [-0.05, 0) is 43.2 Å². The van der Waals surface area contributed by atoms with Crippen molar-refractivity contribution in [3.63, 3.8) is 0 Å². The molecule has 2 heterocycles. The smallest absolute Gasteiger partial charge is 0.275 e. The number of nitrogens with one attached hydrogen (secondary N) is 1. The summed E-state index contributed by atoms with van der Waals surface area (Å²) in [4.78, 5) is 25.4. The Balaban J connectivity index is 1.70. The summed E-state index contributed by atoms with van der Waals surface area (Å²) in [5, 5.41) is 3.06. The fraction of sp³-hybridized carbons (Fsp3) is 0.400. The van der Waals surface area contributed by atoms with Crippen LogP contribution in [-0.2, 0) is 11.3 Å². The first-order valence-corrected chi connectivity index (χ1v) is 9.22. The van der Waals surface area contributed by atoms with Gasteiger partial charge in [0.2, 0.25) is 5.91 Å². The van der Waals surface area contributed by atoms with Gasteiger partial charge in [0.05, 0.1) is 11.0 Å². The van der Waals surface area contributed by atoms with Crippen LogP contribution in [0.4, 0.5) is 4.39 Å². The van der Waals surface area contributed by atoms with Crippen LogP contribution in [0, 0.1) is 5.82 Å². The minimum atomic E-state index is -0.429. The molecule has 0 spiro atoms. The molecular formula is C20H22FN3O2. The molecule has 0 saturated heterocycles. The quantitative estimate of drug-likeness (QED) is 0.734. The minimum absolute atomic E-state index is 0.100. The van der Waals surface area contributed by atoms with E-state index < -0.39 is 5.82 Å². The Morgan fingerprint density at radius 1 is 1.08 bits per heavy atom. The number of carbonyl (C=O) groups is 1. The molecule has 0 bridgehead atoms. The monoisotopic (exact) mass is 355 g/mol. The number of amides is 1. The van der Waals surface area contributed by atoms with Crippen molar-refractivity contribution in [1.29, 1.82) is 0 Å². The summed E-state index contributed by atoms with van der Waals surface area (Å²) in [5.74, 6) is -0.623. The van der Waals surface area contributed by atoms with E-state index in [9.17, 15) is 14.0 Å². The third kappa shape index (κ3) is 3.11. The van der Waals surface area contributed by atoms with E-state index in [1.165, 1.54) is 29.5 Å². The van der Waals surface area contributed by atoms with Crippen molar-refractivity contribution >= 4 is 22.5 Å². The molecule has 3 aromatic rings. The number of benzene rings is 1. The zero-order valence-corrected chi connectivity index (χ0v) is 14.6. The van der Waals surface area contributed by atoms with Crippen LogP contribution < -0.4 is 10.9 Å². The van der Waals surface area contributed by atoms with Crippen molar-refractivity contribution in [3.05, 3.63) is 52.7 Å². The predicted molar refractivity (Wildman–Crippen MR) is 98.8 cm³/mol. The number of fused-ring (bicyclic) bond motifs is 3. The van der Waals surface area contributed by atoms with Gasteiger partial charge >= 0.3 is 0 Å². The molecule has 1 saturated carbocycles. The number of rotatable bonds is 3. The van der Waals surface area contributed by atoms with Gasteiger partial charge in [-0.15, -0.1) is 0 Å². The van der Waals surface area contributed by atoms with Crippen LogP contribution in [0.15, 0.2) is 41.3 Å². The average molecular weight is 355 g/mol. The molecule has 1 amide bonds. The van der Waals surface area contributed by atoms with Crippen molar-refractivity contribution in [1.82, 2.24) is 14.3 Å². The molecule has 0 radical (unpaired) electrons. The number of hydrogen-bond acceptors (Lipinski definition) is 2. The van der Waals surface area contributed by atoms with E-state index in [4.69, 9.17) is 0 Å². The second-order valence-corrected chi connectivity index (χ2v) is 7.04. The van der Waals surface area contributed by atoms with Crippen LogP contribution in [0.1, 0.15) is 38.5 Å². The molecule has 1 N–H and O–H groups in total. The van der Waals surface area contributed by atoms with Crippen LogP contribution in [0.2, 0.25) is 0 Å². The first-order valence-electron chi connectivity index (χ1n) is 9.22. The second-order valence-electron chi connectivity index (χ2n) is 7.04. The summed E-state index contributed by atoms with van der Waals surface area (Å²) in [5.41, 5.74) is 1.32. The Morgan fingerprint density at radius 3 is 2.62 bits per heavy atom. The van der Waals surface area contributed by atoms with Gasteiger partial charge in [0, 0.05) is 12.2 Å². The molecule has 0 aliphatic heterocycles. The van der Waals surface area contributed by atoms with E-state index in [1.54, 1.807) is 28.8 Å². The zero-order chi connectivity index (χ0) is 18.1. The van der Waals surface area contributed by atoms with E-state index in [0.29, 0.717) is 16.6 Å². The maximum absolute atomic E-state index is 13.8. The molecule has 6 heteroatoms. The lowest BCUT2D eigenvalue weighted by molar-refractivity contribution is -0.122. The van der Waals surface area contributed by atoms with Crippen LogP contribution in [-0.4, -0.2) is 20.9 Å². The fourth-order valence-corrected chi connectivity index (χ4v) is 3.93. The van der Waals surface area contributed by atoms with Gasteiger partial charge in [-0.2, -0.15) is 0 Å². The third-order valence-corrected chi connectivity index (χ3v) is 5.22. The SMILES string of the molecule is O=C(Cn1c(=O)c2cccn2c2ccc(F)cc21)NC1CCCCCC1. The molecule has 1 aromatic carbocycles. The van der Waals surface area contributed by atoms with Gasteiger partial charge in [-0.1, -0.05) is 25.7 Å². The lowest BCUT2D eigenvalue weighted by Crippen LogP contribution is -2.39. The number of halogens is 1. The summed E-state index contributed by atoms with van der Waals surface area (Å²) in [6, 6.07) is 7.97. The molecular weight excluding hydrogens is 333 g/mol. The van der Waals surface area contributed by atoms with E-state index in [1.807, 2.05) is 0 Å². The summed E-state index contributed by atoms with van der Waals surface area (Å²) < 4.78 is 16.9. The van der Waals surface area contributed by atoms with Crippen molar-refractivity contribution in [2.24, 2.45) is 0 Å². The average Bonchev–Trinajstić information content (AvgIpc) is 2.97. The highest BCUT2D eigenvalue weighted by molar-refractivity contribution is 5.82. The summed E-state index contributed by atoms with van der Waals surface area (Å²) in [6.07, 6.45) is 8.39. The Hall–Kier alpha value is -2.63. The molecule has 1 aliphatic carbocycles. The topological polar surface area (TPSA) is 55.5 Å². The summed E-state index contributed by atoms with van der Waals surface area (Å²) in [7, 11) is 0. The molecule has 0 atom stereocenters. The van der Waals surface area contributed by atoms with Crippen molar-refractivity contribution in [3.8, 4) is 0 Å². The molecule has 4 rings (SSSR count). The molecule has 1 aliphatic rings. The Kier molecular flexibility index (Phi) is 4.49. The predicted octanol–water partition coefficient (Wildman–Crippen LogP) is 3.23. The molecule has 26 heavy (non-hydrogen) atoms. The van der Waals surface area contributed by atoms with E-state index in [0.717, 1.165) is 25.7 Å². The Labute approximate surface area is 150 Å². The van der Waals surface area contributed by atoms with E-state index in [-0.39, 0.29) is 24.1 Å². The van der Waals surface area contributed by atoms with Gasteiger partial charge in [0.25, 0.3) is 5.56 Å². The first-order chi connectivity index (χ1) is 12.6. The molecule has 1 fully saturated rings. The summed E-state index contributed by atoms with van der Waals surface area (Å²) in [6.45, 7) is -0.100. The zero-order valence-electron chi connectivity index (χ0n) is 14.6. The van der Waals surface area contributed by atoms with Gasteiger partial charge in [-0.3, -0.25) is 14.2 Å². The molecule has 0 unspecified atom stereocenters. The highest BCUT2D eigenvalue weighted by Gasteiger charge is 2.17. The van der Waals surface area contributed by atoms with E-state index >= 15 is 0 Å². The van der Waals surface area contributed by atoms with Crippen molar-refractivity contribution in [2.45, 2.75) is 51.1 Å². The Morgan fingerprint density at radius 2 is 1.85 bits per heavy atom. The number of aromatic nitrogens is 2. The number of carbonyl (C=O) groups excluding carboxylic acids is 1. The largest absolute Gasteiger partial charge is 0.352 e. The fourth-order valence-electron chi connectivity index (χ4n) is 3.93. The Bertz CT molecular complexity index is 1010. The van der Waals surface area contributed by atoms with Gasteiger partial charge in [0.1, 0.15) is 17.9 Å². The second kappa shape index (κ2) is 6.94. The first kappa shape index (κ1) is 16.8. The third-order valence-electron chi connectivity index (χ3n) is 5.22. The van der Waals surface area contributed by atoms with Crippen molar-refractivity contribution < 1.29 is 9.18 Å². The highest BCUT2D eigenvalue weighted by atomic mass is 19.1. The van der Waals surface area contributed by atoms with Crippen molar-refractivity contribution in [2.75, 3.05) is 0 Å². The van der Waals surface area contributed by atoms with Crippen LogP contribution in [0.3, 0.4) is 0 Å². The lowest BCUT2D eigenvalue weighted by atomic mass is 10.1. The maximum atomic E-state index is 13.8. The normalized spacial score (nSPS) is 16.0. The standard InChI is InChI=1S/C20H22FN3O2/c21-14-9-10-16-18(12-14)24(20(26)17-8-5-11-23(16)17)13-19(25)22-15-6-3-1-2-4-7-15/h5,8-12,15H,1-4,6-7,13H2,(H,22,25).